The van der Waals surface area contributed by atoms with Crippen LogP contribution in [0, 0.1) is 0 Å². The Morgan fingerprint density at radius 2 is 1.81 bits per heavy atom. The van der Waals surface area contributed by atoms with Crippen LogP contribution in [0.15, 0.2) is 85.9 Å². The molecule has 1 heterocycles. The van der Waals surface area contributed by atoms with Crippen LogP contribution in [0.2, 0.25) is 0 Å². The number of para-hydroxylation sites is 1. The third-order valence-corrected chi connectivity index (χ3v) is 5.13. The minimum absolute atomic E-state index is 0.383. The Morgan fingerprint density at radius 1 is 1.03 bits per heavy atom. The predicted octanol–water partition coefficient (Wildman–Crippen LogP) is 3.92. The highest BCUT2D eigenvalue weighted by Gasteiger charge is 2.08. The van der Waals surface area contributed by atoms with Gasteiger partial charge in [-0.2, -0.15) is 5.10 Å². The second-order valence-corrected chi connectivity index (χ2v) is 7.58. The Balaban J connectivity index is 1.57. The molecule has 0 fully saturated rings. The van der Waals surface area contributed by atoms with Crippen LogP contribution in [0.3, 0.4) is 0 Å². The van der Waals surface area contributed by atoms with Gasteiger partial charge in [-0.3, -0.25) is 4.79 Å². The summed E-state index contributed by atoms with van der Waals surface area (Å²) in [5.74, 6) is 1.09. The average Bonchev–Trinajstić information content (AvgIpc) is 2.79. The molecule has 1 aromatic heterocycles. The molecule has 4 rings (SSSR count). The van der Waals surface area contributed by atoms with Gasteiger partial charge in [-0.15, -0.1) is 4.68 Å². The minimum Gasteiger partial charge on any atom is -0.493 e. The van der Waals surface area contributed by atoms with E-state index >= 15 is 0 Å². The lowest BCUT2D eigenvalue weighted by atomic mass is 10.2. The van der Waals surface area contributed by atoms with Crippen LogP contribution in [0.25, 0.3) is 10.9 Å². The van der Waals surface area contributed by atoms with Crippen LogP contribution >= 0.6 is 15.9 Å². The predicted molar refractivity (Wildman–Crippen MR) is 123 cm³/mol. The molecular weight excluding hydrogens is 462 g/mol. The average molecular weight is 480 g/mol. The van der Waals surface area contributed by atoms with E-state index in [1.165, 1.54) is 6.21 Å². The van der Waals surface area contributed by atoms with Gasteiger partial charge in [0, 0.05) is 4.47 Å². The second kappa shape index (κ2) is 9.01. The molecule has 0 aliphatic rings. The zero-order valence-corrected chi connectivity index (χ0v) is 18.1. The molecule has 7 nitrogen and oxygen atoms in total. The zero-order chi connectivity index (χ0) is 21.8. The standard InChI is InChI=1S/C23H18BrN3O4/c1-30-21-12-16(8-11-20(21)31-14-15-6-9-17(24)10-7-15)13-25-27-22(28)18-4-2-3-5-19(18)26-23(27)29/h2-13H,14H2,1H3,(H,26,29). The van der Waals surface area contributed by atoms with E-state index in [0.29, 0.717) is 34.6 Å². The quantitative estimate of drug-likeness (QED) is 0.424. The van der Waals surface area contributed by atoms with Crippen molar-refractivity contribution in [3.05, 3.63) is 103 Å². The first kappa shape index (κ1) is 20.6. The first-order chi connectivity index (χ1) is 15.0. The van der Waals surface area contributed by atoms with Crippen LogP contribution in [0.4, 0.5) is 0 Å². The molecule has 0 amide bonds. The molecule has 0 aliphatic heterocycles. The molecular formula is C23H18BrN3O4. The molecule has 0 saturated heterocycles. The van der Waals surface area contributed by atoms with Crippen LogP contribution in [0.5, 0.6) is 11.5 Å². The van der Waals surface area contributed by atoms with Gasteiger partial charge >= 0.3 is 5.69 Å². The number of nitrogens with one attached hydrogen (secondary N) is 1. The fraction of sp³-hybridized carbons (Fsp3) is 0.0870. The van der Waals surface area contributed by atoms with Gasteiger partial charge in [0.1, 0.15) is 6.61 Å². The number of hydrogen-bond acceptors (Lipinski definition) is 5. The number of aromatic nitrogens is 2. The Labute approximate surface area is 185 Å². The molecule has 0 aliphatic carbocycles. The molecule has 0 saturated carbocycles. The van der Waals surface area contributed by atoms with Crippen LogP contribution in [0.1, 0.15) is 11.1 Å². The van der Waals surface area contributed by atoms with Crippen molar-refractivity contribution >= 4 is 33.0 Å². The third-order valence-electron chi connectivity index (χ3n) is 4.60. The number of H-pyrrole nitrogens is 1. The summed E-state index contributed by atoms with van der Waals surface area (Å²) in [4.78, 5) is 27.5. The first-order valence-corrected chi connectivity index (χ1v) is 10.2. The summed E-state index contributed by atoms with van der Waals surface area (Å²) in [5, 5.41) is 4.45. The number of ether oxygens (including phenoxy) is 2. The van der Waals surface area contributed by atoms with Gasteiger partial charge in [0.25, 0.3) is 5.56 Å². The molecule has 3 aromatic carbocycles. The summed E-state index contributed by atoms with van der Waals surface area (Å²) < 4.78 is 13.1. The number of hydrogen-bond donors (Lipinski definition) is 1. The maximum atomic E-state index is 12.6. The van der Waals surface area contributed by atoms with E-state index in [2.05, 4.69) is 26.0 Å². The molecule has 156 valence electrons. The highest BCUT2D eigenvalue weighted by atomic mass is 79.9. The van der Waals surface area contributed by atoms with E-state index in [0.717, 1.165) is 14.7 Å². The summed E-state index contributed by atoms with van der Waals surface area (Å²) in [6.45, 7) is 0.388. The molecule has 0 radical (unpaired) electrons. The highest BCUT2D eigenvalue weighted by molar-refractivity contribution is 9.10. The molecule has 4 aromatic rings. The number of rotatable bonds is 6. The van der Waals surface area contributed by atoms with Crippen LogP contribution in [-0.2, 0) is 6.61 Å². The molecule has 0 bridgehead atoms. The minimum atomic E-state index is -0.610. The molecule has 0 unspecified atom stereocenters. The smallest absolute Gasteiger partial charge is 0.349 e. The van der Waals surface area contributed by atoms with E-state index < -0.39 is 11.2 Å². The maximum Gasteiger partial charge on any atom is 0.349 e. The maximum absolute atomic E-state index is 12.6. The van der Waals surface area contributed by atoms with Gasteiger partial charge in [0.2, 0.25) is 0 Å². The van der Waals surface area contributed by atoms with Gasteiger partial charge in [-0.05, 0) is 53.6 Å². The van der Waals surface area contributed by atoms with Gasteiger partial charge in [0.05, 0.1) is 24.2 Å². The van der Waals surface area contributed by atoms with Crippen molar-refractivity contribution in [1.82, 2.24) is 9.66 Å². The number of nitrogens with zero attached hydrogens (tertiary/aromatic N) is 2. The Kier molecular flexibility index (Phi) is 5.99. The third kappa shape index (κ3) is 4.59. The van der Waals surface area contributed by atoms with Gasteiger partial charge < -0.3 is 14.5 Å². The number of halogens is 1. The van der Waals surface area contributed by atoms with Crippen molar-refractivity contribution in [2.75, 3.05) is 7.11 Å². The van der Waals surface area contributed by atoms with E-state index in [1.807, 2.05) is 24.3 Å². The first-order valence-electron chi connectivity index (χ1n) is 9.39. The number of aromatic amines is 1. The van der Waals surface area contributed by atoms with Crippen molar-refractivity contribution in [2.24, 2.45) is 5.10 Å². The Hall–Kier alpha value is -3.65. The van der Waals surface area contributed by atoms with Crippen molar-refractivity contribution in [1.29, 1.82) is 0 Å². The van der Waals surface area contributed by atoms with E-state index in [9.17, 15) is 9.59 Å². The summed E-state index contributed by atoms with van der Waals surface area (Å²) in [6.07, 6.45) is 1.42. The summed E-state index contributed by atoms with van der Waals surface area (Å²) in [7, 11) is 1.54. The molecule has 8 heteroatoms. The zero-order valence-electron chi connectivity index (χ0n) is 16.5. The van der Waals surface area contributed by atoms with E-state index in [-0.39, 0.29) is 0 Å². The van der Waals surface area contributed by atoms with Crippen molar-refractivity contribution < 1.29 is 9.47 Å². The molecule has 0 atom stereocenters. The van der Waals surface area contributed by atoms with Crippen LogP contribution < -0.4 is 20.7 Å². The number of benzene rings is 3. The monoisotopic (exact) mass is 479 g/mol. The normalized spacial score (nSPS) is 11.2. The molecule has 0 spiro atoms. The largest absolute Gasteiger partial charge is 0.493 e. The van der Waals surface area contributed by atoms with Crippen molar-refractivity contribution in [3.8, 4) is 11.5 Å². The van der Waals surface area contributed by atoms with E-state index in [1.54, 1.807) is 49.6 Å². The van der Waals surface area contributed by atoms with Gasteiger partial charge in [-0.1, -0.05) is 40.2 Å². The van der Waals surface area contributed by atoms with E-state index in [4.69, 9.17) is 9.47 Å². The van der Waals surface area contributed by atoms with Crippen molar-refractivity contribution in [2.45, 2.75) is 6.61 Å². The van der Waals surface area contributed by atoms with Crippen molar-refractivity contribution in [3.63, 3.8) is 0 Å². The number of methoxy groups -OCH3 is 1. The lowest BCUT2D eigenvalue weighted by Gasteiger charge is -2.11. The highest BCUT2D eigenvalue weighted by Crippen LogP contribution is 2.28. The van der Waals surface area contributed by atoms with Crippen LogP contribution in [-0.4, -0.2) is 23.0 Å². The van der Waals surface area contributed by atoms with Gasteiger partial charge in [0.15, 0.2) is 11.5 Å². The summed E-state index contributed by atoms with van der Waals surface area (Å²) in [5.41, 5.74) is 1.04. The molecule has 31 heavy (non-hydrogen) atoms. The topological polar surface area (TPSA) is 85.7 Å². The fourth-order valence-corrected chi connectivity index (χ4v) is 3.27. The Bertz CT molecular complexity index is 1370. The Morgan fingerprint density at radius 3 is 2.58 bits per heavy atom. The summed E-state index contributed by atoms with van der Waals surface area (Å²) >= 11 is 3.41. The van der Waals surface area contributed by atoms with Gasteiger partial charge in [-0.25, -0.2) is 4.79 Å². The lowest BCUT2D eigenvalue weighted by molar-refractivity contribution is 0.284. The lowest BCUT2D eigenvalue weighted by Crippen LogP contribution is -2.32. The number of fused-ring (bicyclic) bond motifs is 1. The SMILES string of the molecule is COc1cc(C=Nn2c(=O)[nH]c3ccccc3c2=O)ccc1OCc1ccc(Br)cc1. The molecule has 1 N–H and O–H groups in total. The summed E-state index contributed by atoms with van der Waals surface area (Å²) in [6, 6.07) is 19.9. The second-order valence-electron chi connectivity index (χ2n) is 6.66. The fourth-order valence-electron chi connectivity index (χ4n) is 3.01.